The van der Waals surface area contributed by atoms with Crippen LogP contribution in [0.15, 0.2) is 5.38 Å². The zero-order valence-electron chi connectivity index (χ0n) is 10.9. The lowest BCUT2D eigenvalue weighted by molar-refractivity contribution is 0.0526. The molecule has 0 radical (unpaired) electrons. The standard InChI is InChI=1S/C12H18N2O3S/c1-4-6-8(3)13-10(15)9-7-18-11(14-9)12(16)17-5-2/h7-8H,4-6H2,1-3H3,(H,13,15). The average Bonchev–Trinajstić information content (AvgIpc) is 2.78. The summed E-state index contributed by atoms with van der Waals surface area (Å²) in [6, 6.07) is 0.107. The first kappa shape index (κ1) is 14.6. The van der Waals surface area contributed by atoms with Crippen LogP contribution in [0, 0.1) is 0 Å². The molecule has 1 aromatic rings. The highest BCUT2D eigenvalue weighted by Crippen LogP contribution is 2.11. The molecule has 1 amide bonds. The fourth-order valence-corrected chi connectivity index (χ4v) is 2.16. The quantitative estimate of drug-likeness (QED) is 0.805. The van der Waals surface area contributed by atoms with Gasteiger partial charge in [-0.05, 0) is 20.3 Å². The molecule has 0 saturated heterocycles. The van der Waals surface area contributed by atoms with E-state index in [0.29, 0.717) is 6.61 Å². The lowest BCUT2D eigenvalue weighted by Crippen LogP contribution is -2.32. The molecule has 1 heterocycles. The lowest BCUT2D eigenvalue weighted by atomic mass is 10.2. The van der Waals surface area contributed by atoms with Gasteiger partial charge in [0.1, 0.15) is 5.69 Å². The van der Waals surface area contributed by atoms with Crippen LogP contribution in [0.25, 0.3) is 0 Å². The van der Waals surface area contributed by atoms with Gasteiger partial charge in [0.05, 0.1) is 6.61 Å². The first-order chi connectivity index (χ1) is 8.58. The number of rotatable bonds is 6. The molecular formula is C12H18N2O3S. The summed E-state index contributed by atoms with van der Waals surface area (Å²) < 4.78 is 4.82. The summed E-state index contributed by atoms with van der Waals surface area (Å²) in [6.45, 7) is 6.03. The number of carbonyl (C=O) groups is 2. The maximum absolute atomic E-state index is 11.8. The molecule has 1 aromatic heterocycles. The summed E-state index contributed by atoms with van der Waals surface area (Å²) in [5.74, 6) is -0.731. The van der Waals surface area contributed by atoms with Gasteiger partial charge < -0.3 is 10.1 Å². The Morgan fingerprint density at radius 1 is 1.50 bits per heavy atom. The summed E-state index contributed by atoms with van der Waals surface area (Å²) in [7, 11) is 0. The number of nitrogens with one attached hydrogen (secondary N) is 1. The topological polar surface area (TPSA) is 68.3 Å². The van der Waals surface area contributed by atoms with Crippen molar-refractivity contribution in [3.8, 4) is 0 Å². The van der Waals surface area contributed by atoms with E-state index in [2.05, 4.69) is 17.2 Å². The molecule has 0 fully saturated rings. The lowest BCUT2D eigenvalue weighted by Gasteiger charge is -2.10. The van der Waals surface area contributed by atoms with Crippen molar-refractivity contribution in [2.24, 2.45) is 0 Å². The van der Waals surface area contributed by atoms with Crippen molar-refractivity contribution < 1.29 is 14.3 Å². The van der Waals surface area contributed by atoms with Crippen molar-refractivity contribution in [3.63, 3.8) is 0 Å². The number of amides is 1. The Labute approximate surface area is 111 Å². The van der Waals surface area contributed by atoms with E-state index in [1.54, 1.807) is 12.3 Å². The molecule has 0 aliphatic heterocycles. The molecule has 1 unspecified atom stereocenters. The number of nitrogens with zero attached hydrogens (tertiary/aromatic N) is 1. The SMILES string of the molecule is CCCC(C)NC(=O)c1csc(C(=O)OCC)n1. The number of esters is 1. The normalized spacial score (nSPS) is 11.9. The molecule has 1 rings (SSSR count). The highest BCUT2D eigenvalue weighted by atomic mass is 32.1. The van der Waals surface area contributed by atoms with E-state index in [-0.39, 0.29) is 22.7 Å². The summed E-state index contributed by atoms with van der Waals surface area (Å²) in [5, 5.41) is 4.62. The van der Waals surface area contributed by atoms with Gasteiger partial charge in [-0.3, -0.25) is 4.79 Å². The van der Waals surface area contributed by atoms with Gasteiger partial charge in [-0.1, -0.05) is 13.3 Å². The fourth-order valence-electron chi connectivity index (χ4n) is 1.47. The summed E-state index contributed by atoms with van der Waals surface area (Å²) in [6.07, 6.45) is 1.92. The predicted molar refractivity (Wildman–Crippen MR) is 69.9 cm³/mol. The van der Waals surface area contributed by atoms with E-state index in [1.807, 2.05) is 6.92 Å². The third-order valence-corrected chi connectivity index (χ3v) is 3.11. The Bertz CT molecular complexity index is 417. The van der Waals surface area contributed by atoms with Gasteiger partial charge in [0.15, 0.2) is 0 Å². The van der Waals surface area contributed by atoms with E-state index in [4.69, 9.17) is 4.74 Å². The molecule has 0 spiro atoms. The van der Waals surface area contributed by atoms with Crippen molar-refractivity contribution in [1.29, 1.82) is 0 Å². The van der Waals surface area contributed by atoms with Crippen molar-refractivity contribution in [2.75, 3.05) is 6.61 Å². The molecule has 0 saturated carbocycles. The van der Waals surface area contributed by atoms with E-state index in [0.717, 1.165) is 24.2 Å². The zero-order valence-corrected chi connectivity index (χ0v) is 11.7. The maximum atomic E-state index is 11.8. The number of ether oxygens (including phenoxy) is 1. The second kappa shape index (κ2) is 7.10. The molecular weight excluding hydrogens is 252 g/mol. The molecule has 100 valence electrons. The molecule has 18 heavy (non-hydrogen) atoms. The summed E-state index contributed by atoms with van der Waals surface area (Å²) in [4.78, 5) is 27.2. The largest absolute Gasteiger partial charge is 0.461 e. The van der Waals surface area contributed by atoms with E-state index in [1.165, 1.54) is 0 Å². The Hall–Kier alpha value is -1.43. The van der Waals surface area contributed by atoms with Crippen LogP contribution >= 0.6 is 11.3 Å². The van der Waals surface area contributed by atoms with Gasteiger partial charge in [0.2, 0.25) is 5.01 Å². The fraction of sp³-hybridized carbons (Fsp3) is 0.583. The number of aromatic nitrogens is 1. The molecule has 0 aromatic carbocycles. The van der Waals surface area contributed by atoms with E-state index >= 15 is 0 Å². The van der Waals surface area contributed by atoms with E-state index in [9.17, 15) is 9.59 Å². The molecule has 1 N–H and O–H groups in total. The van der Waals surface area contributed by atoms with Crippen molar-refractivity contribution in [3.05, 3.63) is 16.1 Å². The molecule has 6 heteroatoms. The average molecular weight is 270 g/mol. The number of thiazole rings is 1. The third-order valence-electron chi connectivity index (χ3n) is 2.29. The van der Waals surface area contributed by atoms with Crippen LogP contribution in [-0.2, 0) is 4.74 Å². The van der Waals surface area contributed by atoms with Crippen LogP contribution in [0.2, 0.25) is 0 Å². The first-order valence-electron chi connectivity index (χ1n) is 6.02. The van der Waals surface area contributed by atoms with Crippen molar-refractivity contribution >= 4 is 23.2 Å². The van der Waals surface area contributed by atoms with Gasteiger partial charge in [0.25, 0.3) is 5.91 Å². The molecule has 1 atom stereocenters. The Morgan fingerprint density at radius 3 is 2.83 bits per heavy atom. The number of hydrogen-bond acceptors (Lipinski definition) is 5. The van der Waals surface area contributed by atoms with Crippen LogP contribution in [0.4, 0.5) is 0 Å². The Kier molecular flexibility index (Phi) is 5.77. The summed E-state index contributed by atoms with van der Waals surface area (Å²) >= 11 is 1.12. The number of hydrogen-bond donors (Lipinski definition) is 1. The van der Waals surface area contributed by atoms with Crippen LogP contribution in [0.5, 0.6) is 0 Å². The van der Waals surface area contributed by atoms with Gasteiger partial charge in [-0.2, -0.15) is 0 Å². The van der Waals surface area contributed by atoms with Crippen molar-refractivity contribution in [2.45, 2.75) is 39.7 Å². The van der Waals surface area contributed by atoms with Crippen molar-refractivity contribution in [1.82, 2.24) is 10.3 Å². The molecule has 0 aliphatic carbocycles. The monoisotopic (exact) mass is 270 g/mol. The molecule has 0 aliphatic rings. The smallest absolute Gasteiger partial charge is 0.367 e. The second-order valence-corrected chi connectivity index (χ2v) is 4.78. The highest BCUT2D eigenvalue weighted by Gasteiger charge is 2.17. The third kappa shape index (κ3) is 4.10. The van der Waals surface area contributed by atoms with Gasteiger partial charge in [-0.15, -0.1) is 11.3 Å². The van der Waals surface area contributed by atoms with Crippen LogP contribution in [-0.4, -0.2) is 29.5 Å². The Balaban J connectivity index is 2.62. The van der Waals surface area contributed by atoms with Gasteiger partial charge >= 0.3 is 5.97 Å². The second-order valence-electron chi connectivity index (χ2n) is 3.92. The van der Waals surface area contributed by atoms with Crippen LogP contribution in [0.3, 0.4) is 0 Å². The summed E-state index contributed by atoms with van der Waals surface area (Å²) in [5.41, 5.74) is 0.269. The zero-order chi connectivity index (χ0) is 13.5. The molecule has 5 nitrogen and oxygen atoms in total. The first-order valence-corrected chi connectivity index (χ1v) is 6.89. The van der Waals surface area contributed by atoms with Gasteiger partial charge in [-0.25, -0.2) is 9.78 Å². The minimum absolute atomic E-state index is 0.107. The Morgan fingerprint density at radius 2 is 2.22 bits per heavy atom. The number of carbonyl (C=O) groups excluding carboxylic acids is 2. The molecule has 0 bridgehead atoms. The van der Waals surface area contributed by atoms with Crippen LogP contribution < -0.4 is 5.32 Å². The minimum atomic E-state index is -0.483. The highest BCUT2D eigenvalue weighted by molar-refractivity contribution is 7.11. The van der Waals surface area contributed by atoms with Crippen LogP contribution in [0.1, 0.15) is 53.9 Å². The van der Waals surface area contributed by atoms with E-state index < -0.39 is 5.97 Å². The van der Waals surface area contributed by atoms with Gasteiger partial charge in [0, 0.05) is 11.4 Å². The minimum Gasteiger partial charge on any atom is -0.461 e. The maximum Gasteiger partial charge on any atom is 0.367 e. The predicted octanol–water partition coefficient (Wildman–Crippen LogP) is 2.24.